The molecule has 1 nitrogen and oxygen atoms in total. The summed E-state index contributed by atoms with van der Waals surface area (Å²) in [7, 11) is 4.39. The van der Waals surface area contributed by atoms with Crippen molar-refractivity contribution in [3.8, 4) is 0 Å². The van der Waals surface area contributed by atoms with E-state index >= 15 is 0 Å². The van der Waals surface area contributed by atoms with E-state index in [0.29, 0.717) is 0 Å². The SMILES string of the molecule is [B]CC(=O)C(F)(F)F. The van der Waals surface area contributed by atoms with Gasteiger partial charge in [-0.05, 0) is 6.32 Å². The van der Waals surface area contributed by atoms with E-state index in [2.05, 4.69) is 7.85 Å². The lowest BCUT2D eigenvalue weighted by atomic mass is 10.0. The number of hydrogen-bond donors (Lipinski definition) is 0. The summed E-state index contributed by atoms with van der Waals surface area (Å²) in [5.41, 5.74) is 0. The number of carbonyl (C=O) groups is 1. The molecular weight excluding hydrogens is 120 g/mol. The van der Waals surface area contributed by atoms with E-state index < -0.39 is 18.3 Å². The Bertz CT molecular complexity index is 97.2. The Balaban J connectivity index is 3.82. The van der Waals surface area contributed by atoms with Crippen molar-refractivity contribution >= 4 is 13.6 Å². The molecule has 0 saturated carbocycles. The molecule has 0 aromatic rings. The molecule has 2 radical (unpaired) electrons. The molecule has 0 spiro atoms. The molecule has 0 amide bonds. The summed E-state index contributed by atoms with van der Waals surface area (Å²) in [6.45, 7) is 0. The van der Waals surface area contributed by atoms with E-state index in [1.165, 1.54) is 0 Å². The Morgan fingerprint density at radius 3 is 1.88 bits per heavy atom. The summed E-state index contributed by atoms with van der Waals surface area (Å²) in [4.78, 5) is 9.58. The third-order valence-corrected chi connectivity index (χ3v) is 0.502. The number of Topliss-reactive ketones (excluding diaryl/α,β-unsaturated/α-hetero) is 1. The fourth-order valence-electron chi connectivity index (χ4n) is 0.116. The Hall–Kier alpha value is -0.475. The summed E-state index contributed by atoms with van der Waals surface area (Å²) in [5, 5.41) is 0. The molecule has 8 heavy (non-hydrogen) atoms. The number of ketones is 1. The van der Waals surface area contributed by atoms with Crippen molar-refractivity contribution in [3.05, 3.63) is 0 Å². The fourth-order valence-corrected chi connectivity index (χ4v) is 0.116. The van der Waals surface area contributed by atoms with Gasteiger partial charge in [0.15, 0.2) is 0 Å². The van der Waals surface area contributed by atoms with Gasteiger partial charge in [0.1, 0.15) is 0 Å². The van der Waals surface area contributed by atoms with Gasteiger partial charge in [-0.15, -0.1) is 0 Å². The second kappa shape index (κ2) is 2.20. The number of halogens is 3. The van der Waals surface area contributed by atoms with Gasteiger partial charge in [0.2, 0.25) is 5.78 Å². The summed E-state index contributed by atoms with van der Waals surface area (Å²) in [6, 6.07) is 0. The molecule has 44 valence electrons. The summed E-state index contributed by atoms with van der Waals surface area (Å²) in [6.07, 6.45) is -5.72. The lowest BCUT2D eigenvalue weighted by Crippen LogP contribution is -2.21. The quantitative estimate of drug-likeness (QED) is 0.468. The smallest absolute Gasteiger partial charge is 0.290 e. The molecule has 0 bridgehead atoms. The molecule has 0 aliphatic rings. The van der Waals surface area contributed by atoms with Gasteiger partial charge in [-0.1, -0.05) is 0 Å². The number of alkyl halides is 3. The van der Waals surface area contributed by atoms with Crippen LogP contribution in [0.15, 0.2) is 0 Å². The van der Waals surface area contributed by atoms with Gasteiger partial charge in [0.25, 0.3) is 0 Å². The maximum atomic E-state index is 11.0. The van der Waals surface area contributed by atoms with Crippen LogP contribution < -0.4 is 0 Å². The molecule has 0 N–H and O–H groups in total. The van der Waals surface area contributed by atoms with E-state index in [0.717, 1.165) is 0 Å². The third kappa shape index (κ3) is 2.00. The Morgan fingerprint density at radius 2 is 1.88 bits per heavy atom. The minimum absolute atomic E-state index is 0.969. The van der Waals surface area contributed by atoms with Gasteiger partial charge in [-0.2, -0.15) is 13.2 Å². The highest BCUT2D eigenvalue weighted by Gasteiger charge is 2.35. The largest absolute Gasteiger partial charge is 0.449 e. The summed E-state index contributed by atoms with van der Waals surface area (Å²) >= 11 is 0. The molecule has 0 heterocycles. The Labute approximate surface area is 45.3 Å². The Morgan fingerprint density at radius 1 is 1.50 bits per heavy atom. The van der Waals surface area contributed by atoms with Crippen molar-refractivity contribution < 1.29 is 18.0 Å². The zero-order chi connectivity index (χ0) is 6.78. The van der Waals surface area contributed by atoms with Gasteiger partial charge in [0.05, 0.1) is 7.85 Å². The molecule has 5 heteroatoms. The van der Waals surface area contributed by atoms with Crippen molar-refractivity contribution in [1.82, 2.24) is 0 Å². The second-order valence-corrected chi connectivity index (χ2v) is 1.13. The standard InChI is InChI=1S/C3H2BF3O/c4-1-2(8)3(5,6)7/h1H2. The van der Waals surface area contributed by atoms with E-state index in [4.69, 9.17) is 0 Å². The van der Waals surface area contributed by atoms with Crippen LogP contribution in [0, 0.1) is 0 Å². The average Bonchev–Trinajstić information content (AvgIpc) is 1.62. The van der Waals surface area contributed by atoms with Crippen LogP contribution in [0.1, 0.15) is 0 Å². The minimum atomic E-state index is -4.76. The van der Waals surface area contributed by atoms with Gasteiger partial charge in [0, 0.05) is 0 Å². The minimum Gasteiger partial charge on any atom is -0.290 e. The lowest BCUT2D eigenvalue weighted by Gasteiger charge is -1.99. The van der Waals surface area contributed by atoms with Crippen LogP contribution >= 0.6 is 0 Å². The van der Waals surface area contributed by atoms with Crippen LogP contribution in [-0.4, -0.2) is 19.8 Å². The molecule has 0 aromatic carbocycles. The van der Waals surface area contributed by atoms with Crippen LogP contribution in [0.3, 0.4) is 0 Å². The molecule has 0 rings (SSSR count). The number of carbonyl (C=O) groups excluding carboxylic acids is 1. The Kier molecular flexibility index (Phi) is 2.06. The fraction of sp³-hybridized carbons (Fsp3) is 0.667. The normalized spacial score (nSPS) is 11.4. The zero-order valence-electron chi connectivity index (χ0n) is 3.83. The first kappa shape index (κ1) is 7.52. The highest BCUT2D eigenvalue weighted by Crippen LogP contribution is 2.16. The van der Waals surface area contributed by atoms with E-state index in [1.54, 1.807) is 0 Å². The molecule has 0 atom stereocenters. The van der Waals surface area contributed by atoms with Crippen LogP contribution in [0.2, 0.25) is 6.32 Å². The molecule has 0 saturated heterocycles. The first-order chi connectivity index (χ1) is 3.48. The van der Waals surface area contributed by atoms with Crippen molar-refractivity contribution in [2.24, 2.45) is 0 Å². The van der Waals surface area contributed by atoms with Crippen LogP contribution in [0.5, 0.6) is 0 Å². The predicted octanol–water partition coefficient (Wildman–Crippen LogP) is 0.705. The predicted molar refractivity (Wildman–Crippen MR) is 21.6 cm³/mol. The monoisotopic (exact) mass is 122 g/mol. The number of hydrogen-bond acceptors (Lipinski definition) is 1. The average molecular weight is 122 g/mol. The number of rotatable bonds is 1. The van der Waals surface area contributed by atoms with Gasteiger partial charge in [-0.3, -0.25) is 4.79 Å². The first-order valence-corrected chi connectivity index (χ1v) is 1.78. The van der Waals surface area contributed by atoms with Crippen LogP contribution in [-0.2, 0) is 4.79 Å². The van der Waals surface area contributed by atoms with Crippen LogP contribution in [0.25, 0.3) is 0 Å². The van der Waals surface area contributed by atoms with Gasteiger partial charge < -0.3 is 0 Å². The van der Waals surface area contributed by atoms with E-state index in [-0.39, 0.29) is 0 Å². The van der Waals surface area contributed by atoms with E-state index in [1.807, 2.05) is 0 Å². The molecule has 0 fully saturated rings. The first-order valence-electron chi connectivity index (χ1n) is 1.78. The molecule has 0 unspecified atom stereocenters. The summed E-state index contributed by atoms with van der Waals surface area (Å²) < 4.78 is 33.1. The zero-order valence-corrected chi connectivity index (χ0v) is 3.83. The molecule has 0 aromatic heterocycles. The van der Waals surface area contributed by atoms with E-state index in [9.17, 15) is 18.0 Å². The maximum absolute atomic E-state index is 11.0. The molecule has 0 aliphatic carbocycles. The summed E-state index contributed by atoms with van der Waals surface area (Å²) in [5.74, 6) is -1.89. The van der Waals surface area contributed by atoms with Gasteiger partial charge in [-0.25, -0.2) is 0 Å². The van der Waals surface area contributed by atoms with Crippen molar-refractivity contribution in [2.45, 2.75) is 12.5 Å². The van der Waals surface area contributed by atoms with Crippen molar-refractivity contribution in [1.29, 1.82) is 0 Å². The maximum Gasteiger partial charge on any atom is 0.449 e. The highest BCUT2D eigenvalue weighted by atomic mass is 19.4. The second-order valence-electron chi connectivity index (χ2n) is 1.13. The molecular formula is C3H2BF3O. The highest BCUT2D eigenvalue weighted by molar-refractivity contribution is 6.21. The van der Waals surface area contributed by atoms with Crippen LogP contribution in [0.4, 0.5) is 13.2 Å². The third-order valence-electron chi connectivity index (χ3n) is 0.502. The van der Waals surface area contributed by atoms with Crippen molar-refractivity contribution in [2.75, 3.05) is 0 Å². The topological polar surface area (TPSA) is 17.1 Å². The van der Waals surface area contributed by atoms with Gasteiger partial charge >= 0.3 is 6.18 Å². The van der Waals surface area contributed by atoms with Crippen molar-refractivity contribution in [3.63, 3.8) is 0 Å². The lowest BCUT2D eigenvalue weighted by molar-refractivity contribution is -0.168. The molecule has 0 aliphatic heterocycles.